The van der Waals surface area contributed by atoms with Gasteiger partial charge in [-0.3, -0.25) is 9.69 Å². The minimum atomic E-state index is -0.428. The van der Waals surface area contributed by atoms with E-state index >= 15 is 0 Å². The molecule has 2 rings (SSSR count). The number of rotatable bonds is 5. The molecule has 0 spiro atoms. The topological polar surface area (TPSA) is 41.6 Å². The van der Waals surface area contributed by atoms with E-state index in [-0.39, 0.29) is 5.78 Å². The van der Waals surface area contributed by atoms with E-state index < -0.39 is 5.54 Å². The van der Waals surface area contributed by atoms with E-state index in [0.717, 1.165) is 37.5 Å². The molecule has 110 valence electrons. The van der Waals surface area contributed by atoms with E-state index in [4.69, 9.17) is 4.74 Å². The molecule has 1 aromatic rings. The third-order valence-electron chi connectivity index (χ3n) is 4.13. The number of ketones is 1. The number of methoxy groups -OCH3 is 1. The van der Waals surface area contributed by atoms with Crippen molar-refractivity contribution in [1.82, 2.24) is 10.2 Å². The second-order valence-corrected chi connectivity index (χ2v) is 5.71. The Morgan fingerprint density at radius 1 is 1.30 bits per heavy atom. The highest BCUT2D eigenvalue weighted by molar-refractivity contribution is 5.89. The van der Waals surface area contributed by atoms with Crippen molar-refractivity contribution in [3.8, 4) is 5.75 Å². The third-order valence-corrected chi connectivity index (χ3v) is 4.13. The Morgan fingerprint density at radius 2 is 1.95 bits per heavy atom. The summed E-state index contributed by atoms with van der Waals surface area (Å²) < 4.78 is 5.33. The molecule has 1 aromatic carbocycles. The summed E-state index contributed by atoms with van der Waals surface area (Å²) in [5, 5.41) is 3.32. The fourth-order valence-electron chi connectivity index (χ4n) is 2.64. The van der Waals surface area contributed by atoms with Gasteiger partial charge >= 0.3 is 0 Å². The van der Waals surface area contributed by atoms with E-state index in [0.29, 0.717) is 6.42 Å². The lowest BCUT2D eigenvalue weighted by Crippen LogP contribution is -2.57. The maximum atomic E-state index is 12.7. The summed E-state index contributed by atoms with van der Waals surface area (Å²) in [5.41, 5.74) is 0.534. The van der Waals surface area contributed by atoms with Gasteiger partial charge in [0.15, 0.2) is 5.78 Å². The maximum absolute atomic E-state index is 12.7. The number of para-hydroxylation sites is 1. The quantitative estimate of drug-likeness (QED) is 0.885. The van der Waals surface area contributed by atoms with Crippen LogP contribution in [0.15, 0.2) is 24.3 Å². The fraction of sp³-hybridized carbons (Fsp3) is 0.562. The van der Waals surface area contributed by atoms with E-state index in [2.05, 4.69) is 10.2 Å². The maximum Gasteiger partial charge on any atom is 0.157 e. The van der Waals surface area contributed by atoms with Crippen molar-refractivity contribution in [2.45, 2.75) is 25.8 Å². The Bertz CT molecular complexity index is 465. The van der Waals surface area contributed by atoms with E-state index in [1.165, 1.54) is 0 Å². The molecule has 4 heteroatoms. The Labute approximate surface area is 121 Å². The monoisotopic (exact) mass is 276 g/mol. The molecular formula is C16H24N2O2. The average molecular weight is 276 g/mol. The predicted octanol–water partition coefficient (Wildman–Crippen LogP) is 1.49. The first-order valence-corrected chi connectivity index (χ1v) is 7.16. The smallest absolute Gasteiger partial charge is 0.157 e. The van der Waals surface area contributed by atoms with Gasteiger partial charge < -0.3 is 10.1 Å². The first kappa shape index (κ1) is 15.0. The van der Waals surface area contributed by atoms with E-state index in [1.807, 2.05) is 38.1 Å². The van der Waals surface area contributed by atoms with E-state index in [9.17, 15) is 4.79 Å². The standard InChI is InChI=1S/C16H24N2O2/c1-16(2,18-10-8-17-9-11-18)15(19)12-13-6-4-5-7-14(13)20-3/h4-7,17H,8-12H2,1-3H3. The lowest BCUT2D eigenvalue weighted by molar-refractivity contribution is -0.129. The first-order chi connectivity index (χ1) is 9.55. The van der Waals surface area contributed by atoms with Crippen LogP contribution in [0.5, 0.6) is 5.75 Å². The highest BCUT2D eigenvalue weighted by Gasteiger charge is 2.34. The lowest BCUT2D eigenvalue weighted by Gasteiger charge is -2.40. The molecule has 0 radical (unpaired) electrons. The molecule has 1 fully saturated rings. The average Bonchev–Trinajstić information content (AvgIpc) is 2.48. The lowest BCUT2D eigenvalue weighted by atomic mass is 9.91. The molecule has 0 unspecified atom stereocenters. The van der Waals surface area contributed by atoms with Crippen molar-refractivity contribution < 1.29 is 9.53 Å². The Balaban J connectivity index is 2.10. The zero-order valence-corrected chi connectivity index (χ0v) is 12.6. The zero-order valence-electron chi connectivity index (χ0n) is 12.6. The van der Waals surface area contributed by atoms with Gasteiger partial charge in [0, 0.05) is 38.2 Å². The van der Waals surface area contributed by atoms with Gasteiger partial charge in [0.25, 0.3) is 0 Å². The summed E-state index contributed by atoms with van der Waals surface area (Å²) >= 11 is 0. The van der Waals surface area contributed by atoms with Gasteiger partial charge in [-0.15, -0.1) is 0 Å². The van der Waals surface area contributed by atoms with Gasteiger partial charge in [-0.25, -0.2) is 0 Å². The molecule has 1 aliphatic heterocycles. The second-order valence-electron chi connectivity index (χ2n) is 5.71. The van der Waals surface area contributed by atoms with Crippen LogP contribution in [0.2, 0.25) is 0 Å². The number of piperazine rings is 1. The van der Waals surface area contributed by atoms with Crippen LogP contribution in [0.1, 0.15) is 19.4 Å². The van der Waals surface area contributed by atoms with Crippen molar-refractivity contribution in [2.24, 2.45) is 0 Å². The zero-order chi connectivity index (χ0) is 14.6. The number of carbonyl (C=O) groups is 1. The van der Waals surface area contributed by atoms with Crippen molar-refractivity contribution in [2.75, 3.05) is 33.3 Å². The van der Waals surface area contributed by atoms with Gasteiger partial charge in [-0.05, 0) is 19.9 Å². The Hall–Kier alpha value is -1.39. The van der Waals surface area contributed by atoms with Crippen molar-refractivity contribution in [1.29, 1.82) is 0 Å². The number of hydrogen-bond acceptors (Lipinski definition) is 4. The summed E-state index contributed by atoms with van der Waals surface area (Å²) in [4.78, 5) is 14.9. The van der Waals surface area contributed by atoms with Crippen LogP contribution >= 0.6 is 0 Å². The van der Waals surface area contributed by atoms with Gasteiger partial charge in [0.1, 0.15) is 5.75 Å². The molecule has 0 aliphatic carbocycles. The predicted molar refractivity (Wildman–Crippen MR) is 80.2 cm³/mol. The highest BCUT2D eigenvalue weighted by atomic mass is 16.5. The number of hydrogen-bond donors (Lipinski definition) is 1. The Morgan fingerprint density at radius 3 is 2.60 bits per heavy atom. The van der Waals surface area contributed by atoms with Crippen molar-refractivity contribution in [3.05, 3.63) is 29.8 Å². The van der Waals surface area contributed by atoms with Crippen molar-refractivity contribution in [3.63, 3.8) is 0 Å². The SMILES string of the molecule is COc1ccccc1CC(=O)C(C)(C)N1CCNCC1. The number of benzene rings is 1. The van der Waals surface area contributed by atoms with Gasteiger partial charge in [-0.2, -0.15) is 0 Å². The number of nitrogens with zero attached hydrogens (tertiary/aromatic N) is 1. The largest absolute Gasteiger partial charge is 0.496 e. The molecule has 1 saturated heterocycles. The fourth-order valence-corrected chi connectivity index (χ4v) is 2.64. The number of ether oxygens (including phenoxy) is 1. The van der Waals surface area contributed by atoms with Gasteiger partial charge in [0.2, 0.25) is 0 Å². The van der Waals surface area contributed by atoms with Crippen LogP contribution in [-0.4, -0.2) is 49.5 Å². The molecule has 20 heavy (non-hydrogen) atoms. The number of carbonyl (C=O) groups excluding carboxylic acids is 1. The molecule has 0 atom stereocenters. The number of nitrogens with one attached hydrogen (secondary N) is 1. The van der Waals surface area contributed by atoms with Crippen LogP contribution in [-0.2, 0) is 11.2 Å². The molecule has 1 heterocycles. The second kappa shape index (κ2) is 6.37. The molecule has 0 aromatic heterocycles. The molecule has 1 N–H and O–H groups in total. The number of Topliss-reactive ketones (excluding diaryl/α,β-unsaturated/α-hetero) is 1. The van der Waals surface area contributed by atoms with Crippen LogP contribution in [0.25, 0.3) is 0 Å². The molecule has 4 nitrogen and oxygen atoms in total. The minimum absolute atomic E-state index is 0.240. The summed E-state index contributed by atoms with van der Waals surface area (Å²) in [6.07, 6.45) is 0.418. The molecule has 0 amide bonds. The molecule has 1 aliphatic rings. The van der Waals surface area contributed by atoms with Crippen LogP contribution < -0.4 is 10.1 Å². The minimum Gasteiger partial charge on any atom is -0.496 e. The van der Waals surface area contributed by atoms with Gasteiger partial charge in [-0.1, -0.05) is 18.2 Å². The molecule has 0 bridgehead atoms. The van der Waals surface area contributed by atoms with Crippen LogP contribution in [0.3, 0.4) is 0 Å². The highest BCUT2D eigenvalue weighted by Crippen LogP contribution is 2.23. The Kier molecular flexibility index (Phi) is 4.78. The normalized spacial score (nSPS) is 16.9. The summed E-state index contributed by atoms with van der Waals surface area (Å²) in [6, 6.07) is 7.74. The van der Waals surface area contributed by atoms with E-state index in [1.54, 1.807) is 7.11 Å². The summed E-state index contributed by atoms with van der Waals surface area (Å²) in [7, 11) is 1.64. The van der Waals surface area contributed by atoms with Crippen LogP contribution in [0.4, 0.5) is 0 Å². The molecular weight excluding hydrogens is 252 g/mol. The first-order valence-electron chi connectivity index (χ1n) is 7.16. The molecule has 0 saturated carbocycles. The van der Waals surface area contributed by atoms with Crippen molar-refractivity contribution >= 4 is 5.78 Å². The van der Waals surface area contributed by atoms with Gasteiger partial charge in [0.05, 0.1) is 12.6 Å². The third kappa shape index (κ3) is 3.19. The van der Waals surface area contributed by atoms with Crippen LogP contribution in [0, 0.1) is 0 Å². The summed E-state index contributed by atoms with van der Waals surface area (Å²) in [5.74, 6) is 1.03. The summed E-state index contributed by atoms with van der Waals surface area (Å²) in [6.45, 7) is 7.79.